The molecular formula is C22H22F3N9S. The van der Waals surface area contributed by atoms with Crippen LogP contribution < -0.4 is 15.1 Å². The van der Waals surface area contributed by atoms with Crippen molar-refractivity contribution in [2.45, 2.75) is 39.0 Å². The summed E-state index contributed by atoms with van der Waals surface area (Å²) >= 11 is 1.63. The van der Waals surface area contributed by atoms with Gasteiger partial charge < -0.3 is 19.7 Å². The number of rotatable bonds is 4. The van der Waals surface area contributed by atoms with Crippen molar-refractivity contribution in [3.05, 3.63) is 41.1 Å². The van der Waals surface area contributed by atoms with Gasteiger partial charge in [-0.2, -0.15) is 18.2 Å². The monoisotopic (exact) mass is 501 g/mol. The molecule has 6 heterocycles. The van der Waals surface area contributed by atoms with Crippen LogP contribution in [0.5, 0.6) is 0 Å². The van der Waals surface area contributed by atoms with Crippen molar-refractivity contribution in [3.63, 3.8) is 0 Å². The number of aromatic nitrogens is 6. The van der Waals surface area contributed by atoms with E-state index in [0.29, 0.717) is 24.9 Å². The van der Waals surface area contributed by atoms with Crippen molar-refractivity contribution in [1.82, 2.24) is 29.7 Å². The summed E-state index contributed by atoms with van der Waals surface area (Å²) in [6.07, 6.45) is 0.925. The van der Waals surface area contributed by atoms with E-state index in [4.69, 9.17) is 9.97 Å². The molecule has 35 heavy (non-hydrogen) atoms. The van der Waals surface area contributed by atoms with Crippen LogP contribution in [0.1, 0.15) is 29.9 Å². The summed E-state index contributed by atoms with van der Waals surface area (Å²) in [5, 5.41) is 11.5. The first-order chi connectivity index (χ1) is 16.9. The molecule has 1 N–H and O–H groups in total. The zero-order valence-electron chi connectivity index (χ0n) is 18.9. The van der Waals surface area contributed by atoms with Crippen LogP contribution in [0.15, 0.2) is 24.5 Å². The number of hydrogen-bond donors (Lipinski definition) is 1. The molecule has 0 atom stereocenters. The van der Waals surface area contributed by atoms with Crippen molar-refractivity contribution in [1.29, 1.82) is 0 Å². The number of fused-ring (bicyclic) bond motifs is 3. The topological polar surface area (TPSA) is 87.9 Å². The Kier molecular flexibility index (Phi) is 5.24. The fourth-order valence-electron chi connectivity index (χ4n) is 4.61. The van der Waals surface area contributed by atoms with Gasteiger partial charge in [-0.15, -0.1) is 21.5 Å². The average Bonchev–Trinajstić information content (AvgIpc) is 3.46. The van der Waals surface area contributed by atoms with E-state index in [1.54, 1.807) is 23.7 Å². The molecule has 182 valence electrons. The maximum atomic E-state index is 13.3. The van der Waals surface area contributed by atoms with E-state index in [1.165, 1.54) is 4.88 Å². The Balaban J connectivity index is 1.44. The molecule has 0 radical (unpaired) electrons. The molecule has 0 fully saturated rings. The first-order valence-corrected chi connectivity index (χ1v) is 12.2. The fourth-order valence-corrected chi connectivity index (χ4v) is 5.72. The molecule has 0 aromatic carbocycles. The summed E-state index contributed by atoms with van der Waals surface area (Å²) in [7, 11) is 0. The Bertz CT molecular complexity index is 1400. The molecule has 4 aromatic heterocycles. The average molecular weight is 502 g/mol. The fraction of sp³-hybridized carbons (Fsp3) is 0.409. The molecule has 0 saturated heterocycles. The molecule has 0 amide bonds. The van der Waals surface area contributed by atoms with Gasteiger partial charge in [0.25, 0.3) is 0 Å². The zero-order chi connectivity index (χ0) is 24.2. The third-order valence-corrected chi connectivity index (χ3v) is 7.29. The number of thiophene rings is 1. The van der Waals surface area contributed by atoms with Crippen LogP contribution >= 0.6 is 11.3 Å². The molecular weight excluding hydrogens is 479 g/mol. The maximum Gasteiger partial charge on any atom is 0.451 e. The Labute approximate surface area is 202 Å². The molecule has 0 spiro atoms. The molecule has 9 nitrogen and oxygen atoms in total. The third kappa shape index (κ3) is 3.83. The number of alkyl halides is 3. The second-order valence-corrected chi connectivity index (χ2v) is 9.63. The van der Waals surface area contributed by atoms with Gasteiger partial charge in [-0.1, -0.05) is 13.3 Å². The summed E-state index contributed by atoms with van der Waals surface area (Å²) in [4.78, 5) is 20.2. The van der Waals surface area contributed by atoms with Gasteiger partial charge in [0, 0.05) is 37.3 Å². The minimum Gasteiger partial charge on any atom is -0.381 e. The highest BCUT2D eigenvalue weighted by Crippen LogP contribution is 2.38. The second kappa shape index (κ2) is 8.33. The number of pyridine rings is 1. The maximum absolute atomic E-state index is 13.3. The van der Waals surface area contributed by atoms with Crippen LogP contribution in [0.2, 0.25) is 0 Å². The largest absolute Gasteiger partial charge is 0.451 e. The Morgan fingerprint density at radius 1 is 1.14 bits per heavy atom. The minimum atomic E-state index is -4.53. The van der Waals surface area contributed by atoms with Crippen molar-refractivity contribution < 1.29 is 13.2 Å². The third-order valence-electron chi connectivity index (χ3n) is 6.20. The van der Waals surface area contributed by atoms with E-state index in [1.807, 2.05) is 15.9 Å². The summed E-state index contributed by atoms with van der Waals surface area (Å²) < 4.78 is 41.1. The van der Waals surface area contributed by atoms with Crippen LogP contribution in [-0.2, 0) is 25.7 Å². The summed E-state index contributed by atoms with van der Waals surface area (Å²) in [6, 6.07) is 4.03. The number of aryl methyl sites for hydroxylation is 1. The molecule has 0 aliphatic carbocycles. The highest BCUT2D eigenvalue weighted by molar-refractivity contribution is 7.18. The van der Waals surface area contributed by atoms with Crippen LogP contribution in [0.25, 0.3) is 10.2 Å². The van der Waals surface area contributed by atoms with Crippen LogP contribution in [0.4, 0.5) is 36.3 Å². The van der Waals surface area contributed by atoms with Gasteiger partial charge in [-0.3, -0.25) is 4.98 Å². The standard InChI is InChI=1S/C22H22F3N9S/c1-2-3-13-10-14-18(32-8-9-34-17(12-32)30-31-20(34)22(23,24)25)28-21(29-19(14)35-13)33-7-6-27-15-4-5-26-11-16(15)33/h4-5,10-11,27H,2-3,6-9,12H2,1H3. The Hall–Kier alpha value is -3.48. The predicted molar refractivity (Wildman–Crippen MR) is 127 cm³/mol. The highest BCUT2D eigenvalue weighted by Gasteiger charge is 2.40. The van der Waals surface area contributed by atoms with E-state index in [0.717, 1.165) is 45.5 Å². The molecule has 2 aliphatic heterocycles. The summed E-state index contributed by atoms with van der Waals surface area (Å²) in [5.41, 5.74) is 1.85. The molecule has 0 saturated carbocycles. The van der Waals surface area contributed by atoms with Crippen LogP contribution in [0, 0.1) is 0 Å². The van der Waals surface area contributed by atoms with E-state index in [2.05, 4.69) is 33.5 Å². The lowest BCUT2D eigenvalue weighted by Crippen LogP contribution is -2.36. The Morgan fingerprint density at radius 2 is 2.03 bits per heavy atom. The molecule has 0 bridgehead atoms. The molecule has 2 aliphatic rings. The van der Waals surface area contributed by atoms with E-state index in [-0.39, 0.29) is 18.9 Å². The van der Waals surface area contributed by atoms with Crippen molar-refractivity contribution >= 4 is 44.7 Å². The van der Waals surface area contributed by atoms with Crippen molar-refractivity contribution in [2.24, 2.45) is 0 Å². The number of anilines is 4. The van der Waals surface area contributed by atoms with Gasteiger partial charge in [0.05, 0.1) is 29.5 Å². The zero-order valence-corrected chi connectivity index (χ0v) is 19.7. The van der Waals surface area contributed by atoms with Crippen LogP contribution in [0.3, 0.4) is 0 Å². The number of hydrogen-bond acceptors (Lipinski definition) is 9. The lowest BCUT2D eigenvalue weighted by molar-refractivity contribution is -0.147. The Morgan fingerprint density at radius 3 is 2.86 bits per heavy atom. The lowest BCUT2D eigenvalue weighted by Gasteiger charge is -2.32. The number of nitrogens with zero attached hydrogens (tertiary/aromatic N) is 8. The molecule has 13 heteroatoms. The minimum absolute atomic E-state index is 0.129. The lowest BCUT2D eigenvalue weighted by atomic mass is 10.2. The van der Waals surface area contributed by atoms with Crippen molar-refractivity contribution in [2.75, 3.05) is 34.8 Å². The van der Waals surface area contributed by atoms with Gasteiger partial charge in [0.15, 0.2) is 5.82 Å². The summed E-state index contributed by atoms with van der Waals surface area (Å²) in [5.74, 6) is 0.579. The van der Waals surface area contributed by atoms with Gasteiger partial charge in [0.1, 0.15) is 10.6 Å². The first-order valence-electron chi connectivity index (χ1n) is 11.4. The first kappa shape index (κ1) is 22.0. The second-order valence-electron chi connectivity index (χ2n) is 8.51. The van der Waals surface area contributed by atoms with Gasteiger partial charge in [-0.25, -0.2) is 4.98 Å². The molecule has 0 unspecified atom stereocenters. The predicted octanol–water partition coefficient (Wildman–Crippen LogP) is 4.23. The highest BCUT2D eigenvalue weighted by atomic mass is 32.1. The van der Waals surface area contributed by atoms with Crippen LogP contribution in [-0.4, -0.2) is 49.4 Å². The summed E-state index contributed by atoms with van der Waals surface area (Å²) in [6.45, 7) is 4.20. The van der Waals surface area contributed by atoms with Gasteiger partial charge in [0.2, 0.25) is 11.8 Å². The number of halogens is 3. The van der Waals surface area contributed by atoms with E-state index >= 15 is 0 Å². The molecule has 6 rings (SSSR count). The smallest absolute Gasteiger partial charge is 0.381 e. The van der Waals surface area contributed by atoms with E-state index in [9.17, 15) is 13.2 Å². The SMILES string of the molecule is CCCc1cc2c(N3CCn4c(nnc4C(F)(F)F)C3)nc(N3CCNc4ccncc43)nc2s1. The van der Waals surface area contributed by atoms with E-state index < -0.39 is 12.0 Å². The molecule has 4 aromatic rings. The van der Waals surface area contributed by atoms with Gasteiger partial charge >= 0.3 is 6.18 Å². The van der Waals surface area contributed by atoms with Gasteiger partial charge in [-0.05, 0) is 18.6 Å². The van der Waals surface area contributed by atoms with Crippen molar-refractivity contribution in [3.8, 4) is 0 Å². The quantitative estimate of drug-likeness (QED) is 0.445. The number of nitrogens with one attached hydrogen (secondary N) is 1. The normalized spacial score (nSPS) is 15.8.